The number of rotatable bonds is 6. The molecule has 0 spiro atoms. The van der Waals surface area contributed by atoms with E-state index in [1.165, 1.54) is 19.1 Å². The second-order valence-electron chi connectivity index (χ2n) is 6.19. The van der Waals surface area contributed by atoms with Crippen LogP contribution in [-0.4, -0.2) is 54.2 Å². The van der Waals surface area contributed by atoms with E-state index in [1.54, 1.807) is 48.5 Å². The number of carbonyl (C=O) groups is 2. The number of β-amino-alcohol motifs (C(OH)–C–C–N with tert-alkyl or cyclic N) is 1. The fourth-order valence-electron chi connectivity index (χ4n) is 3.34. The number of carbonyl (C=O) groups excluding carboxylic acids is 2. The van der Waals surface area contributed by atoms with Crippen molar-refractivity contribution in [2.75, 3.05) is 27.4 Å². The van der Waals surface area contributed by atoms with Gasteiger partial charge in [0.25, 0.3) is 11.7 Å². The standard InChI is InChI=1S/C21H21NO6/c1-27-14-8-9-15(16(12-14)28-2)18-17(19(24)13-6-4-3-5-7-13)20(25)21(26)22(18)10-11-23/h3-9,12,18,23-24H,10-11H2,1-2H3/t18-/m0/s1. The summed E-state index contributed by atoms with van der Waals surface area (Å²) in [4.78, 5) is 26.6. The number of hydrogen-bond donors (Lipinski definition) is 2. The molecule has 7 nitrogen and oxygen atoms in total. The topological polar surface area (TPSA) is 96.3 Å². The van der Waals surface area contributed by atoms with Crippen molar-refractivity contribution < 1.29 is 29.3 Å². The van der Waals surface area contributed by atoms with Gasteiger partial charge < -0.3 is 24.6 Å². The maximum absolute atomic E-state index is 12.8. The molecule has 0 unspecified atom stereocenters. The molecule has 0 aliphatic carbocycles. The molecule has 1 heterocycles. The van der Waals surface area contributed by atoms with Gasteiger partial charge in [0, 0.05) is 23.7 Å². The lowest BCUT2D eigenvalue weighted by Gasteiger charge is -2.26. The SMILES string of the molecule is COc1ccc([C@H]2C(=C(O)c3ccccc3)C(=O)C(=O)N2CCO)c(OC)c1. The fraction of sp³-hybridized carbons (Fsp3) is 0.238. The summed E-state index contributed by atoms with van der Waals surface area (Å²) in [6, 6.07) is 12.6. The minimum absolute atomic E-state index is 0.0480. The second-order valence-corrected chi connectivity index (χ2v) is 6.19. The molecule has 0 radical (unpaired) electrons. The number of aliphatic hydroxyl groups is 2. The van der Waals surface area contributed by atoms with Crippen molar-refractivity contribution in [1.82, 2.24) is 4.90 Å². The van der Waals surface area contributed by atoms with Crippen molar-refractivity contribution in [3.05, 3.63) is 65.2 Å². The molecule has 1 fully saturated rings. The van der Waals surface area contributed by atoms with Crippen molar-refractivity contribution in [3.63, 3.8) is 0 Å². The Kier molecular flexibility index (Phi) is 5.65. The third kappa shape index (κ3) is 3.32. The number of benzene rings is 2. The maximum Gasteiger partial charge on any atom is 0.295 e. The van der Waals surface area contributed by atoms with E-state index in [9.17, 15) is 19.8 Å². The highest BCUT2D eigenvalue weighted by atomic mass is 16.5. The zero-order valence-electron chi connectivity index (χ0n) is 15.6. The van der Waals surface area contributed by atoms with Gasteiger partial charge in [-0.3, -0.25) is 9.59 Å². The monoisotopic (exact) mass is 383 g/mol. The Morgan fingerprint density at radius 3 is 2.39 bits per heavy atom. The van der Waals surface area contributed by atoms with Gasteiger partial charge in [0.05, 0.1) is 32.4 Å². The lowest BCUT2D eigenvalue weighted by Crippen LogP contribution is -2.32. The average Bonchev–Trinajstić information content (AvgIpc) is 2.98. The van der Waals surface area contributed by atoms with Crippen LogP contribution < -0.4 is 9.47 Å². The van der Waals surface area contributed by atoms with Crippen LogP contribution in [-0.2, 0) is 9.59 Å². The Labute approximate surface area is 162 Å². The molecule has 2 aromatic carbocycles. The number of methoxy groups -OCH3 is 2. The van der Waals surface area contributed by atoms with Crippen molar-refractivity contribution in [1.29, 1.82) is 0 Å². The number of ketones is 1. The van der Waals surface area contributed by atoms with Gasteiger partial charge in [-0.15, -0.1) is 0 Å². The molecule has 2 N–H and O–H groups in total. The predicted molar refractivity (Wildman–Crippen MR) is 102 cm³/mol. The zero-order valence-corrected chi connectivity index (χ0v) is 15.6. The summed E-state index contributed by atoms with van der Waals surface area (Å²) in [5.74, 6) is -0.926. The highest BCUT2D eigenvalue weighted by Crippen LogP contribution is 2.43. The number of nitrogens with zero attached hydrogens (tertiary/aromatic N) is 1. The smallest absolute Gasteiger partial charge is 0.295 e. The highest BCUT2D eigenvalue weighted by Gasteiger charge is 2.46. The van der Waals surface area contributed by atoms with Crippen LogP contribution in [0.25, 0.3) is 5.76 Å². The van der Waals surface area contributed by atoms with Crippen LogP contribution in [0.15, 0.2) is 54.1 Å². The fourth-order valence-corrected chi connectivity index (χ4v) is 3.34. The van der Waals surface area contributed by atoms with Crippen LogP contribution in [0.5, 0.6) is 11.5 Å². The third-order valence-electron chi connectivity index (χ3n) is 4.66. The van der Waals surface area contributed by atoms with Crippen molar-refractivity contribution in [2.24, 2.45) is 0 Å². The molecule has 1 saturated heterocycles. The third-order valence-corrected chi connectivity index (χ3v) is 4.66. The summed E-state index contributed by atoms with van der Waals surface area (Å²) in [6.45, 7) is -0.386. The van der Waals surface area contributed by atoms with E-state index in [2.05, 4.69) is 0 Å². The van der Waals surface area contributed by atoms with E-state index in [0.717, 1.165) is 0 Å². The van der Waals surface area contributed by atoms with E-state index in [-0.39, 0.29) is 24.5 Å². The van der Waals surface area contributed by atoms with Crippen LogP contribution in [0.1, 0.15) is 17.2 Å². The number of hydrogen-bond acceptors (Lipinski definition) is 6. The molecule has 146 valence electrons. The summed E-state index contributed by atoms with van der Waals surface area (Å²) in [6.07, 6.45) is 0. The van der Waals surface area contributed by atoms with Crippen LogP contribution in [0, 0.1) is 0 Å². The first-order valence-corrected chi connectivity index (χ1v) is 8.70. The Bertz CT molecular complexity index is 922. The average molecular weight is 383 g/mol. The Morgan fingerprint density at radius 1 is 1.07 bits per heavy atom. The molecule has 1 amide bonds. The highest BCUT2D eigenvalue weighted by molar-refractivity contribution is 6.46. The summed E-state index contributed by atoms with van der Waals surface area (Å²) < 4.78 is 10.6. The summed E-state index contributed by atoms with van der Waals surface area (Å²) in [5.41, 5.74) is 0.878. The minimum Gasteiger partial charge on any atom is -0.507 e. The molecule has 3 rings (SSSR count). The largest absolute Gasteiger partial charge is 0.507 e. The molecule has 1 aliphatic heterocycles. The van der Waals surface area contributed by atoms with Gasteiger partial charge in [-0.05, 0) is 12.1 Å². The van der Waals surface area contributed by atoms with E-state index < -0.39 is 17.7 Å². The summed E-state index contributed by atoms with van der Waals surface area (Å²) in [7, 11) is 2.98. The Morgan fingerprint density at radius 2 is 1.79 bits per heavy atom. The molecular formula is C21H21NO6. The molecular weight excluding hydrogens is 362 g/mol. The summed E-state index contributed by atoms with van der Waals surface area (Å²) in [5, 5.41) is 20.3. The lowest BCUT2D eigenvalue weighted by atomic mass is 9.94. The quantitative estimate of drug-likeness (QED) is 0.451. The first-order chi connectivity index (χ1) is 13.5. The van der Waals surface area contributed by atoms with Gasteiger partial charge in [-0.1, -0.05) is 30.3 Å². The minimum atomic E-state index is -0.895. The number of aliphatic hydroxyl groups excluding tert-OH is 2. The van der Waals surface area contributed by atoms with E-state index in [0.29, 0.717) is 22.6 Å². The van der Waals surface area contributed by atoms with E-state index in [1.807, 2.05) is 0 Å². The van der Waals surface area contributed by atoms with Crippen LogP contribution in [0.2, 0.25) is 0 Å². The van der Waals surface area contributed by atoms with Gasteiger partial charge in [0.1, 0.15) is 17.3 Å². The van der Waals surface area contributed by atoms with E-state index >= 15 is 0 Å². The molecule has 28 heavy (non-hydrogen) atoms. The van der Waals surface area contributed by atoms with Gasteiger partial charge in [-0.25, -0.2) is 0 Å². The van der Waals surface area contributed by atoms with Crippen molar-refractivity contribution >= 4 is 17.4 Å². The van der Waals surface area contributed by atoms with Crippen LogP contribution >= 0.6 is 0 Å². The van der Waals surface area contributed by atoms with Crippen molar-refractivity contribution in [3.8, 4) is 11.5 Å². The molecule has 0 saturated carbocycles. The van der Waals surface area contributed by atoms with Crippen molar-refractivity contribution in [2.45, 2.75) is 6.04 Å². The first-order valence-electron chi connectivity index (χ1n) is 8.70. The second kappa shape index (κ2) is 8.14. The van der Waals surface area contributed by atoms with Crippen LogP contribution in [0.4, 0.5) is 0 Å². The zero-order chi connectivity index (χ0) is 20.3. The molecule has 2 aromatic rings. The maximum atomic E-state index is 12.8. The Balaban J connectivity index is 2.23. The molecule has 7 heteroatoms. The van der Waals surface area contributed by atoms with Crippen LogP contribution in [0.3, 0.4) is 0 Å². The number of amides is 1. The molecule has 1 aliphatic rings. The number of Topliss-reactive ketones (excluding diaryl/α,β-unsaturated/α-hetero) is 1. The molecule has 0 aromatic heterocycles. The number of ether oxygens (including phenoxy) is 2. The number of likely N-dealkylation sites (tertiary alicyclic amines) is 1. The van der Waals surface area contributed by atoms with Gasteiger partial charge in [-0.2, -0.15) is 0 Å². The Hall–Kier alpha value is -3.32. The molecule has 1 atom stereocenters. The molecule has 0 bridgehead atoms. The lowest BCUT2D eigenvalue weighted by molar-refractivity contribution is -0.140. The van der Waals surface area contributed by atoms with Gasteiger partial charge >= 0.3 is 0 Å². The first kappa shape index (κ1) is 19.4. The van der Waals surface area contributed by atoms with Gasteiger partial charge in [0.15, 0.2) is 0 Å². The van der Waals surface area contributed by atoms with E-state index in [4.69, 9.17) is 9.47 Å². The summed E-state index contributed by atoms with van der Waals surface area (Å²) >= 11 is 0. The predicted octanol–water partition coefficient (Wildman–Crippen LogP) is 2.12. The van der Waals surface area contributed by atoms with Gasteiger partial charge in [0.2, 0.25) is 0 Å². The normalized spacial score (nSPS) is 18.4.